The maximum Gasteiger partial charge on any atom is 0.126 e. The highest BCUT2D eigenvalue weighted by molar-refractivity contribution is 5.61. The van der Waals surface area contributed by atoms with Gasteiger partial charge in [-0.1, -0.05) is 11.2 Å². The van der Waals surface area contributed by atoms with Crippen LogP contribution >= 0.6 is 0 Å². The molecule has 1 aromatic carbocycles. The van der Waals surface area contributed by atoms with Crippen molar-refractivity contribution in [2.45, 2.75) is 0 Å². The molecule has 0 fully saturated rings. The summed E-state index contributed by atoms with van der Waals surface area (Å²) in [7, 11) is 0. The van der Waals surface area contributed by atoms with E-state index in [0.29, 0.717) is 0 Å². The van der Waals surface area contributed by atoms with Crippen LogP contribution in [0.5, 0.6) is 5.75 Å². The molecular formula is C7H4N4O. The lowest BCUT2D eigenvalue weighted by Crippen LogP contribution is -1.74. The summed E-state index contributed by atoms with van der Waals surface area (Å²) >= 11 is 0. The highest BCUT2D eigenvalue weighted by atomic mass is 16.3. The lowest BCUT2D eigenvalue weighted by Gasteiger charge is -1.97. The summed E-state index contributed by atoms with van der Waals surface area (Å²) in [6, 6.07) is 6.11. The van der Waals surface area contributed by atoms with E-state index in [2.05, 4.69) is 10.0 Å². The van der Waals surface area contributed by atoms with Gasteiger partial charge in [0.2, 0.25) is 0 Å². The molecule has 0 unspecified atom stereocenters. The van der Waals surface area contributed by atoms with E-state index in [1.54, 1.807) is 6.07 Å². The van der Waals surface area contributed by atoms with Gasteiger partial charge < -0.3 is 5.11 Å². The minimum Gasteiger partial charge on any atom is -0.507 e. The number of hydrogen-bond donors (Lipinski definition) is 1. The van der Waals surface area contributed by atoms with E-state index in [-0.39, 0.29) is 17.0 Å². The van der Waals surface area contributed by atoms with Crippen LogP contribution in [0.4, 0.5) is 5.69 Å². The Morgan fingerprint density at radius 2 is 2.33 bits per heavy atom. The summed E-state index contributed by atoms with van der Waals surface area (Å²) < 4.78 is 0. The molecule has 1 N–H and O–H groups in total. The van der Waals surface area contributed by atoms with E-state index >= 15 is 0 Å². The van der Waals surface area contributed by atoms with Crippen LogP contribution in [0.1, 0.15) is 5.56 Å². The zero-order valence-corrected chi connectivity index (χ0v) is 5.97. The van der Waals surface area contributed by atoms with Gasteiger partial charge in [0.05, 0.1) is 17.3 Å². The third-order valence-electron chi connectivity index (χ3n) is 1.28. The normalized spacial score (nSPS) is 8.25. The van der Waals surface area contributed by atoms with Crippen LogP contribution in [0.25, 0.3) is 10.4 Å². The number of aromatic hydroxyl groups is 1. The van der Waals surface area contributed by atoms with Gasteiger partial charge in [0.15, 0.2) is 0 Å². The topological polar surface area (TPSA) is 92.8 Å². The summed E-state index contributed by atoms with van der Waals surface area (Å²) in [4.78, 5) is 2.49. The highest BCUT2D eigenvalue weighted by Gasteiger charge is 2.03. The van der Waals surface area contributed by atoms with Crippen LogP contribution < -0.4 is 0 Å². The molecule has 1 rings (SSSR count). The number of nitriles is 1. The van der Waals surface area contributed by atoms with Gasteiger partial charge in [-0.3, -0.25) is 0 Å². The summed E-state index contributed by atoms with van der Waals surface area (Å²) in [5, 5.41) is 20.8. The summed E-state index contributed by atoms with van der Waals surface area (Å²) in [5.41, 5.74) is 8.24. The van der Waals surface area contributed by atoms with Crippen molar-refractivity contribution < 1.29 is 5.11 Å². The molecule has 58 valence electrons. The van der Waals surface area contributed by atoms with Crippen molar-refractivity contribution in [3.8, 4) is 11.8 Å². The van der Waals surface area contributed by atoms with E-state index in [1.807, 2.05) is 0 Å². The SMILES string of the molecule is N#Cc1cccc(O)c1N=[N+]=[N-]. The monoisotopic (exact) mass is 160 g/mol. The zero-order valence-electron chi connectivity index (χ0n) is 5.97. The first-order chi connectivity index (χ1) is 5.79. The molecule has 0 bridgehead atoms. The smallest absolute Gasteiger partial charge is 0.126 e. The van der Waals surface area contributed by atoms with Crippen molar-refractivity contribution in [1.29, 1.82) is 5.26 Å². The van der Waals surface area contributed by atoms with Crippen molar-refractivity contribution in [2.75, 3.05) is 0 Å². The fraction of sp³-hybridized carbons (Fsp3) is 0. The Hall–Kier alpha value is -2.18. The fourth-order valence-electron chi connectivity index (χ4n) is 0.771. The van der Waals surface area contributed by atoms with Gasteiger partial charge in [0, 0.05) is 4.91 Å². The molecule has 0 heterocycles. The molecule has 0 amide bonds. The van der Waals surface area contributed by atoms with Crippen LogP contribution in [0.2, 0.25) is 0 Å². The lowest BCUT2D eigenvalue weighted by molar-refractivity contribution is 0.476. The molecule has 0 aliphatic carbocycles. The largest absolute Gasteiger partial charge is 0.507 e. The first-order valence-corrected chi connectivity index (χ1v) is 3.06. The van der Waals surface area contributed by atoms with Gasteiger partial charge >= 0.3 is 0 Å². The first-order valence-electron chi connectivity index (χ1n) is 3.06. The molecule has 0 saturated heterocycles. The van der Waals surface area contributed by atoms with E-state index in [9.17, 15) is 0 Å². The third kappa shape index (κ3) is 1.29. The number of phenolic OH excluding ortho intramolecular Hbond substituents is 1. The number of azide groups is 1. The maximum atomic E-state index is 9.14. The zero-order chi connectivity index (χ0) is 8.97. The molecular weight excluding hydrogens is 156 g/mol. The molecule has 0 spiro atoms. The average Bonchev–Trinajstić information content (AvgIpc) is 2.09. The number of phenols is 1. The van der Waals surface area contributed by atoms with Crippen molar-refractivity contribution in [2.24, 2.45) is 5.11 Å². The highest BCUT2D eigenvalue weighted by Crippen LogP contribution is 2.29. The average molecular weight is 160 g/mol. The Bertz CT molecular complexity index is 387. The fourth-order valence-corrected chi connectivity index (χ4v) is 0.771. The van der Waals surface area contributed by atoms with Gasteiger partial charge in [-0.15, -0.1) is 0 Å². The molecule has 5 nitrogen and oxygen atoms in total. The van der Waals surface area contributed by atoms with Crippen LogP contribution in [0.3, 0.4) is 0 Å². The van der Waals surface area contributed by atoms with E-state index in [4.69, 9.17) is 15.9 Å². The Morgan fingerprint density at radius 1 is 1.58 bits per heavy atom. The molecule has 12 heavy (non-hydrogen) atoms. The maximum absolute atomic E-state index is 9.14. The quantitative estimate of drug-likeness (QED) is 0.387. The van der Waals surface area contributed by atoms with Crippen LogP contribution in [-0.4, -0.2) is 5.11 Å². The Labute approximate surface area is 68.1 Å². The molecule has 0 aromatic heterocycles. The Balaban J connectivity index is 3.41. The molecule has 0 aliphatic rings. The molecule has 0 atom stereocenters. The lowest BCUT2D eigenvalue weighted by atomic mass is 10.2. The van der Waals surface area contributed by atoms with Crippen LogP contribution in [0.15, 0.2) is 23.3 Å². The predicted octanol–water partition coefficient (Wildman–Crippen LogP) is 2.21. The number of rotatable bonds is 1. The van der Waals surface area contributed by atoms with Gasteiger partial charge in [0.1, 0.15) is 5.75 Å². The predicted molar refractivity (Wildman–Crippen MR) is 41.6 cm³/mol. The Morgan fingerprint density at radius 3 is 2.92 bits per heavy atom. The van der Waals surface area contributed by atoms with E-state index in [0.717, 1.165) is 0 Å². The minimum absolute atomic E-state index is 0.0255. The van der Waals surface area contributed by atoms with Crippen LogP contribution in [-0.2, 0) is 0 Å². The number of nitrogens with zero attached hydrogens (tertiary/aromatic N) is 4. The van der Waals surface area contributed by atoms with Crippen molar-refractivity contribution in [3.63, 3.8) is 0 Å². The second-order valence-electron chi connectivity index (χ2n) is 1.97. The van der Waals surface area contributed by atoms with Gasteiger partial charge in [-0.05, 0) is 17.7 Å². The van der Waals surface area contributed by atoms with Gasteiger partial charge in [-0.25, -0.2) is 0 Å². The molecule has 1 aromatic rings. The summed E-state index contributed by atoms with van der Waals surface area (Å²) in [6.07, 6.45) is 0. The molecule has 0 saturated carbocycles. The van der Waals surface area contributed by atoms with Crippen LogP contribution in [0, 0.1) is 11.3 Å². The minimum atomic E-state index is -0.188. The van der Waals surface area contributed by atoms with Crippen molar-refractivity contribution >= 4 is 5.69 Å². The van der Waals surface area contributed by atoms with Gasteiger partial charge in [0.25, 0.3) is 0 Å². The van der Waals surface area contributed by atoms with Gasteiger partial charge in [-0.2, -0.15) is 5.26 Å². The number of hydrogen-bond acceptors (Lipinski definition) is 3. The molecule has 0 aliphatic heterocycles. The summed E-state index contributed by atoms with van der Waals surface area (Å²) in [6.45, 7) is 0. The second-order valence-corrected chi connectivity index (χ2v) is 1.97. The number of benzene rings is 1. The summed E-state index contributed by atoms with van der Waals surface area (Å²) in [5.74, 6) is -0.188. The molecule has 0 radical (unpaired) electrons. The van der Waals surface area contributed by atoms with Crippen molar-refractivity contribution in [1.82, 2.24) is 0 Å². The second kappa shape index (κ2) is 3.28. The third-order valence-corrected chi connectivity index (χ3v) is 1.28. The molecule has 5 heteroatoms. The van der Waals surface area contributed by atoms with E-state index in [1.165, 1.54) is 18.2 Å². The van der Waals surface area contributed by atoms with Crippen molar-refractivity contribution in [3.05, 3.63) is 34.2 Å². The first kappa shape index (κ1) is 7.92. The van der Waals surface area contributed by atoms with E-state index < -0.39 is 0 Å². The standard InChI is InChI=1S/C7H4N4O/c8-4-5-2-1-3-6(12)7(5)10-11-9/h1-3,12H. The Kier molecular flexibility index (Phi) is 2.17.